The molecule has 0 radical (unpaired) electrons. The lowest BCUT2D eigenvalue weighted by Crippen LogP contribution is -2.16. The van der Waals surface area contributed by atoms with Crippen molar-refractivity contribution in [3.8, 4) is 5.69 Å². The summed E-state index contributed by atoms with van der Waals surface area (Å²) in [5, 5.41) is 8.25. The highest BCUT2D eigenvalue weighted by atomic mass is 19.1. The number of benzene rings is 2. The minimum atomic E-state index is -0.788. The Morgan fingerprint density at radius 2 is 1.72 bits per heavy atom. The SMILES string of the molecule is Cc1nn(-c2ccccc2)nc1C(=O)OCC(=O)c1ccccc1F. The zero-order valence-electron chi connectivity index (χ0n) is 13.3. The Morgan fingerprint density at radius 3 is 2.44 bits per heavy atom. The van der Waals surface area contributed by atoms with Crippen molar-refractivity contribution in [1.29, 1.82) is 0 Å². The van der Waals surface area contributed by atoms with Crippen molar-refractivity contribution in [2.45, 2.75) is 6.92 Å². The third kappa shape index (κ3) is 3.60. The fourth-order valence-corrected chi connectivity index (χ4v) is 2.21. The number of aromatic nitrogens is 3. The molecular formula is C18H14FN3O3. The van der Waals surface area contributed by atoms with Gasteiger partial charge in [0.1, 0.15) is 5.82 Å². The summed E-state index contributed by atoms with van der Waals surface area (Å²) in [5.74, 6) is -2.07. The Morgan fingerprint density at radius 1 is 1.04 bits per heavy atom. The number of esters is 1. The van der Waals surface area contributed by atoms with Crippen LogP contribution in [0.5, 0.6) is 0 Å². The van der Waals surface area contributed by atoms with Gasteiger partial charge in [-0.3, -0.25) is 4.79 Å². The van der Waals surface area contributed by atoms with Crippen LogP contribution in [-0.2, 0) is 4.74 Å². The summed E-state index contributed by atoms with van der Waals surface area (Å²) in [4.78, 5) is 25.4. The summed E-state index contributed by atoms with van der Waals surface area (Å²) in [7, 11) is 0. The molecule has 1 heterocycles. The van der Waals surface area contributed by atoms with Crippen LogP contribution < -0.4 is 0 Å². The van der Waals surface area contributed by atoms with Crippen LogP contribution in [0.25, 0.3) is 5.69 Å². The van der Waals surface area contributed by atoms with Gasteiger partial charge in [0.25, 0.3) is 0 Å². The van der Waals surface area contributed by atoms with Crippen LogP contribution in [0, 0.1) is 12.7 Å². The summed E-state index contributed by atoms with van der Waals surface area (Å²) < 4.78 is 18.5. The summed E-state index contributed by atoms with van der Waals surface area (Å²) in [5.41, 5.74) is 0.935. The van der Waals surface area contributed by atoms with Crippen molar-refractivity contribution in [3.63, 3.8) is 0 Å². The van der Waals surface area contributed by atoms with E-state index in [1.165, 1.54) is 29.1 Å². The van der Waals surface area contributed by atoms with Gasteiger partial charge < -0.3 is 4.74 Å². The number of hydrogen-bond acceptors (Lipinski definition) is 5. The second-order valence-electron chi connectivity index (χ2n) is 5.24. The normalized spacial score (nSPS) is 10.5. The van der Waals surface area contributed by atoms with Crippen LogP contribution >= 0.6 is 0 Å². The van der Waals surface area contributed by atoms with E-state index < -0.39 is 24.2 Å². The number of para-hydroxylation sites is 1. The number of aryl methyl sites for hydroxylation is 1. The summed E-state index contributed by atoms with van der Waals surface area (Å²) >= 11 is 0. The van der Waals surface area contributed by atoms with E-state index in [0.717, 1.165) is 0 Å². The van der Waals surface area contributed by atoms with Crippen molar-refractivity contribution < 1.29 is 18.7 Å². The molecule has 3 aromatic rings. The number of carbonyl (C=O) groups is 2. The minimum absolute atomic E-state index is 0.00480. The van der Waals surface area contributed by atoms with Crippen molar-refractivity contribution in [2.75, 3.05) is 6.61 Å². The van der Waals surface area contributed by atoms with E-state index in [0.29, 0.717) is 11.4 Å². The Balaban J connectivity index is 1.71. The van der Waals surface area contributed by atoms with Crippen molar-refractivity contribution in [3.05, 3.63) is 77.4 Å². The molecule has 0 bridgehead atoms. The van der Waals surface area contributed by atoms with Crippen molar-refractivity contribution >= 4 is 11.8 Å². The first-order valence-electron chi connectivity index (χ1n) is 7.50. The number of carbonyl (C=O) groups excluding carboxylic acids is 2. The first-order valence-corrected chi connectivity index (χ1v) is 7.50. The topological polar surface area (TPSA) is 74.1 Å². The van der Waals surface area contributed by atoms with Gasteiger partial charge in [0.2, 0.25) is 5.78 Å². The maximum absolute atomic E-state index is 13.6. The molecule has 25 heavy (non-hydrogen) atoms. The maximum atomic E-state index is 13.6. The standard InChI is InChI=1S/C18H14FN3O3/c1-12-17(21-22(20-12)13-7-3-2-4-8-13)18(24)25-11-16(23)14-9-5-6-10-15(14)19/h2-10H,11H2,1H3. The van der Waals surface area contributed by atoms with E-state index >= 15 is 0 Å². The number of halogens is 1. The maximum Gasteiger partial charge on any atom is 0.361 e. The second kappa shape index (κ2) is 7.04. The molecule has 0 saturated carbocycles. The van der Waals surface area contributed by atoms with Gasteiger partial charge in [0.05, 0.1) is 16.9 Å². The van der Waals surface area contributed by atoms with E-state index in [4.69, 9.17) is 4.74 Å². The monoisotopic (exact) mass is 339 g/mol. The molecule has 0 aliphatic heterocycles. The lowest BCUT2D eigenvalue weighted by molar-refractivity contribution is 0.0466. The van der Waals surface area contributed by atoms with Gasteiger partial charge in [-0.15, -0.1) is 5.10 Å². The highest BCUT2D eigenvalue weighted by molar-refractivity contribution is 5.99. The van der Waals surface area contributed by atoms with E-state index in [1.54, 1.807) is 19.1 Å². The number of ketones is 1. The van der Waals surface area contributed by atoms with Crippen molar-refractivity contribution in [1.82, 2.24) is 15.0 Å². The molecule has 0 atom stereocenters. The second-order valence-corrected chi connectivity index (χ2v) is 5.24. The van der Waals surface area contributed by atoms with Gasteiger partial charge in [-0.25, -0.2) is 9.18 Å². The van der Waals surface area contributed by atoms with E-state index in [-0.39, 0.29) is 11.3 Å². The fourth-order valence-electron chi connectivity index (χ4n) is 2.21. The Bertz CT molecular complexity index is 922. The largest absolute Gasteiger partial charge is 0.452 e. The third-order valence-electron chi connectivity index (χ3n) is 3.47. The quantitative estimate of drug-likeness (QED) is 0.528. The number of nitrogens with zero attached hydrogens (tertiary/aromatic N) is 3. The molecule has 0 saturated heterocycles. The molecule has 0 unspecified atom stereocenters. The summed E-state index contributed by atoms with van der Waals surface area (Å²) in [6, 6.07) is 14.6. The molecule has 0 aliphatic carbocycles. The zero-order chi connectivity index (χ0) is 17.8. The molecular weight excluding hydrogens is 325 g/mol. The van der Waals surface area contributed by atoms with Gasteiger partial charge in [0, 0.05) is 0 Å². The van der Waals surface area contributed by atoms with Gasteiger partial charge in [0.15, 0.2) is 12.3 Å². The molecule has 0 fully saturated rings. The Hall–Kier alpha value is -3.35. The average Bonchev–Trinajstić information content (AvgIpc) is 3.02. The van der Waals surface area contributed by atoms with Crippen LogP contribution in [0.15, 0.2) is 54.6 Å². The average molecular weight is 339 g/mol. The molecule has 2 aromatic carbocycles. The molecule has 0 amide bonds. The fraction of sp³-hybridized carbons (Fsp3) is 0.111. The Labute approximate surface area is 142 Å². The smallest absolute Gasteiger partial charge is 0.361 e. The lowest BCUT2D eigenvalue weighted by Gasteiger charge is -2.03. The highest BCUT2D eigenvalue weighted by Gasteiger charge is 2.20. The first-order chi connectivity index (χ1) is 12.1. The molecule has 6 nitrogen and oxygen atoms in total. The van der Waals surface area contributed by atoms with Gasteiger partial charge in [-0.05, 0) is 31.2 Å². The molecule has 1 aromatic heterocycles. The molecule has 0 N–H and O–H groups in total. The van der Waals surface area contributed by atoms with Crippen LogP contribution in [0.1, 0.15) is 26.5 Å². The zero-order valence-corrected chi connectivity index (χ0v) is 13.3. The van der Waals surface area contributed by atoms with Gasteiger partial charge >= 0.3 is 5.97 Å². The predicted octanol–water partition coefficient (Wildman–Crippen LogP) is 2.75. The molecule has 126 valence electrons. The van der Waals surface area contributed by atoms with Gasteiger partial charge in [-0.1, -0.05) is 30.3 Å². The predicted molar refractivity (Wildman–Crippen MR) is 87.1 cm³/mol. The van der Waals surface area contributed by atoms with Crippen LogP contribution in [-0.4, -0.2) is 33.4 Å². The minimum Gasteiger partial charge on any atom is -0.452 e. The summed E-state index contributed by atoms with van der Waals surface area (Å²) in [6.45, 7) is 1.04. The molecule has 0 aliphatic rings. The summed E-state index contributed by atoms with van der Waals surface area (Å²) in [6.07, 6.45) is 0. The van der Waals surface area contributed by atoms with E-state index in [9.17, 15) is 14.0 Å². The van der Waals surface area contributed by atoms with Crippen LogP contribution in [0.3, 0.4) is 0 Å². The Kier molecular flexibility index (Phi) is 4.65. The number of hydrogen-bond donors (Lipinski definition) is 0. The third-order valence-corrected chi connectivity index (χ3v) is 3.47. The van der Waals surface area contributed by atoms with Gasteiger partial charge in [-0.2, -0.15) is 9.90 Å². The van der Waals surface area contributed by atoms with Crippen molar-refractivity contribution in [2.24, 2.45) is 0 Å². The van der Waals surface area contributed by atoms with E-state index in [1.807, 2.05) is 18.2 Å². The number of Topliss-reactive ketones (excluding diaryl/α,β-unsaturated/α-hetero) is 1. The highest BCUT2D eigenvalue weighted by Crippen LogP contribution is 2.11. The molecule has 3 rings (SSSR count). The first kappa shape index (κ1) is 16.5. The molecule has 0 spiro atoms. The molecule has 7 heteroatoms. The number of rotatable bonds is 5. The van der Waals surface area contributed by atoms with Crippen LogP contribution in [0.2, 0.25) is 0 Å². The lowest BCUT2D eigenvalue weighted by atomic mass is 10.1. The van der Waals surface area contributed by atoms with Crippen LogP contribution in [0.4, 0.5) is 4.39 Å². The van der Waals surface area contributed by atoms with E-state index in [2.05, 4.69) is 10.2 Å². The number of ether oxygens (including phenoxy) is 1.